The van der Waals surface area contributed by atoms with Crippen LogP contribution in [0.25, 0.3) is 0 Å². The molecule has 0 radical (unpaired) electrons. The molecule has 1 amide bonds. The van der Waals surface area contributed by atoms with E-state index in [0.717, 1.165) is 4.47 Å². The molecule has 106 valence electrons. The molecule has 0 aliphatic carbocycles. The van der Waals surface area contributed by atoms with Crippen LogP contribution in [-0.2, 0) is 9.53 Å². The minimum atomic E-state index is -0.605. The van der Waals surface area contributed by atoms with Gasteiger partial charge in [0.25, 0.3) is 5.91 Å². The third-order valence-corrected chi connectivity index (χ3v) is 3.67. The fourth-order valence-corrected chi connectivity index (χ4v) is 2.34. The van der Waals surface area contributed by atoms with Crippen molar-refractivity contribution in [1.82, 2.24) is 4.90 Å². The Balaban J connectivity index is 1.99. The Kier molecular flexibility index (Phi) is 4.99. The Morgan fingerprint density at radius 3 is 3.05 bits per heavy atom. The molecule has 0 saturated carbocycles. The highest BCUT2D eigenvalue weighted by Crippen LogP contribution is 2.25. The van der Waals surface area contributed by atoms with Crippen molar-refractivity contribution in [2.45, 2.75) is 19.1 Å². The fourth-order valence-electron chi connectivity index (χ4n) is 1.97. The lowest BCUT2D eigenvalue weighted by Crippen LogP contribution is -2.49. The Hall–Kier alpha value is -1.58. The first-order valence-corrected chi connectivity index (χ1v) is 7.12. The smallest absolute Gasteiger partial charge is 0.263 e. The number of carbonyl (C=O) groups excluding carboxylic acids is 1. The van der Waals surface area contributed by atoms with Crippen LogP contribution in [0.4, 0.5) is 0 Å². The molecule has 1 aliphatic heterocycles. The number of morpholine rings is 1. The maximum atomic E-state index is 12.3. The third-order valence-electron chi connectivity index (χ3n) is 3.01. The zero-order valence-corrected chi connectivity index (χ0v) is 12.7. The summed E-state index contributed by atoms with van der Waals surface area (Å²) in [5, 5.41) is 8.85. The lowest BCUT2D eigenvalue weighted by atomic mass is 10.2. The largest absolute Gasteiger partial charge is 0.480 e. The van der Waals surface area contributed by atoms with Crippen molar-refractivity contribution in [3.05, 3.63) is 28.7 Å². The SMILES string of the molecule is C[C@@H](Oc1ccccc1Br)C(=O)N1CCO[C@H](C#N)C1. The van der Waals surface area contributed by atoms with E-state index in [1.54, 1.807) is 17.9 Å². The maximum Gasteiger partial charge on any atom is 0.263 e. The molecule has 0 spiro atoms. The number of carbonyl (C=O) groups is 1. The normalized spacial score (nSPS) is 20.1. The summed E-state index contributed by atoms with van der Waals surface area (Å²) in [4.78, 5) is 13.9. The van der Waals surface area contributed by atoms with Gasteiger partial charge in [0, 0.05) is 6.54 Å². The van der Waals surface area contributed by atoms with E-state index in [1.807, 2.05) is 24.3 Å². The van der Waals surface area contributed by atoms with Crippen LogP contribution in [0.5, 0.6) is 5.75 Å². The molecule has 1 fully saturated rings. The summed E-state index contributed by atoms with van der Waals surface area (Å²) >= 11 is 3.38. The predicted molar refractivity (Wildman–Crippen MR) is 76.2 cm³/mol. The lowest BCUT2D eigenvalue weighted by Gasteiger charge is -2.31. The van der Waals surface area contributed by atoms with Crippen LogP contribution in [0.15, 0.2) is 28.7 Å². The Bertz CT molecular complexity index is 529. The molecule has 1 aromatic rings. The van der Waals surface area contributed by atoms with Gasteiger partial charge in [-0.05, 0) is 35.0 Å². The van der Waals surface area contributed by atoms with Gasteiger partial charge in [0.15, 0.2) is 12.2 Å². The average Bonchev–Trinajstić information content (AvgIpc) is 2.48. The third kappa shape index (κ3) is 3.50. The van der Waals surface area contributed by atoms with Gasteiger partial charge >= 0.3 is 0 Å². The number of hydrogen-bond acceptors (Lipinski definition) is 4. The molecule has 2 rings (SSSR count). The number of para-hydroxylation sites is 1. The van der Waals surface area contributed by atoms with Gasteiger partial charge in [-0.25, -0.2) is 0 Å². The maximum absolute atomic E-state index is 12.3. The molecular weight excluding hydrogens is 324 g/mol. The van der Waals surface area contributed by atoms with Crippen LogP contribution in [0.3, 0.4) is 0 Å². The molecule has 5 nitrogen and oxygen atoms in total. The summed E-state index contributed by atoms with van der Waals surface area (Å²) in [6, 6.07) is 9.40. The Morgan fingerprint density at radius 2 is 2.35 bits per heavy atom. The van der Waals surface area contributed by atoms with E-state index in [0.29, 0.717) is 25.4 Å². The topological polar surface area (TPSA) is 62.6 Å². The summed E-state index contributed by atoms with van der Waals surface area (Å²) < 4.78 is 11.7. The van der Waals surface area contributed by atoms with Crippen LogP contribution in [0, 0.1) is 11.3 Å². The molecule has 1 aliphatic rings. The van der Waals surface area contributed by atoms with E-state index < -0.39 is 12.2 Å². The number of halogens is 1. The molecule has 0 bridgehead atoms. The monoisotopic (exact) mass is 338 g/mol. The Morgan fingerprint density at radius 1 is 1.60 bits per heavy atom. The van der Waals surface area contributed by atoms with Crippen molar-refractivity contribution in [2.75, 3.05) is 19.7 Å². The summed E-state index contributed by atoms with van der Waals surface area (Å²) in [5.41, 5.74) is 0. The molecule has 1 heterocycles. The summed E-state index contributed by atoms with van der Waals surface area (Å²) in [6.07, 6.45) is -1.16. The number of amides is 1. The van der Waals surface area contributed by atoms with Crippen molar-refractivity contribution in [3.63, 3.8) is 0 Å². The molecular formula is C14H15BrN2O3. The van der Waals surface area contributed by atoms with Crippen LogP contribution >= 0.6 is 15.9 Å². The first kappa shape index (κ1) is 14.8. The van der Waals surface area contributed by atoms with Crippen molar-refractivity contribution < 1.29 is 14.3 Å². The fraction of sp³-hybridized carbons (Fsp3) is 0.429. The zero-order valence-electron chi connectivity index (χ0n) is 11.1. The number of nitriles is 1. The van der Waals surface area contributed by atoms with Crippen molar-refractivity contribution in [1.29, 1.82) is 5.26 Å². The molecule has 2 atom stereocenters. The van der Waals surface area contributed by atoms with Gasteiger partial charge in [0.1, 0.15) is 5.75 Å². The van der Waals surface area contributed by atoms with Gasteiger partial charge in [-0.2, -0.15) is 5.26 Å². The molecule has 0 unspecified atom stereocenters. The second-order valence-corrected chi connectivity index (χ2v) is 5.32. The van der Waals surface area contributed by atoms with E-state index in [2.05, 4.69) is 15.9 Å². The summed E-state index contributed by atoms with van der Waals surface area (Å²) in [7, 11) is 0. The highest BCUT2D eigenvalue weighted by Gasteiger charge is 2.28. The lowest BCUT2D eigenvalue weighted by molar-refractivity contribution is -0.143. The number of hydrogen-bond donors (Lipinski definition) is 0. The van der Waals surface area contributed by atoms with E-state index in [9.17, 15) is 4.79 Å². The minimum absolute atomic E-state index is 0.135. The minimum Gasteiger partial charge on any atom is -0.480 e. The van der Waals surface area contributed by atoms with E-state index in [1.165, 1.54) is 0 Å². The summed E-state index contributed by atoms with van der Waals surface area (Å²) in [5.74, 6) is 0.489. The number of nitrogens with zero attached hydrogens (tertiary/aromatic N) is 2. The first-order valence-electron chi connectivity index (χ1n) is 6.33. The molecule has 1 aromatic carbocycles. The second kappa shape index (κ2) is 6.73. The van der Waals surface area contributed by atoms with Crippen LogP contribution < -0.4 is 4.74 Å². The van der Waals surface area contributed by atoms with Gasteiger partial charge < -0.3 is 14.4 Å². The second-order valence-electron chi connectivity index (χ2n) is 4.46. The van der Waals surface area contributed by atoms with Crippen LogP contribution in [-0.4, -0.2) is 42.7 Å². The van der Waals surface area contributed by atoms with Gasteiger partial charge in [0.05, 0.1) is 23.7 Å². The summed E-state index contributed by atoms with van der Waals surface area (Å²) in [6.45, 7) is 2.87. The zero-order chi connectivity index (χ0) is 14.5. The highest BCUT2D eigenvalue weighted by molar-refractivity contribution is 9.10. The van der Waals surface area contributed by atoms with Crippen molar-refractivity contribution in [2.24, 2.45) is 0 Å². The van der Waals surface area contributed by atoms with E-state index >= 15 is 0 Å². The molecule has 1 saturated heterocycles. The van der Waals surface area contributed by atoms with Crippen LogP contribution in [0.1, 0.15) is 6.92 Å². The molecule has 20 heavy (non-hydrogen) atoms. The van der Waals surface area contributed by atoms with Gasteiger partial charge in [-0.3, -0.25) is 4.79 Å². The molecule has 0 aromatic heterocycles. The van der Waals surface area contributed by atoms with E-state index in [-0.39, 0.29) is 5.91 Å². The number of rotatable bonds is 3. The highest BCUT2D eigenvalue weighted by atomic mass is 79.9. The van der Waals surface area contributed by atoms with Gasteiger partial charge in [-0.1, -0.05) is 12.1 Å². The van der Waals surface area contributed by atoms with Crippen molar-refractivity contribution >= 4 is 21.8 Å². The standard InChI is InChI=1S/C14H15BrN2O3/c1-10(20-13-5-3-2-4-12(13)15)14(18)17-6-7-19-11(8-16)9-17/h2-5,10-11H,6-7,9H2,1H3/t10-,11-/m1/s1. The molecule has 0 N–H and O–H groups in total. The van der Waals surface area contributed by atoms with Gasteiger partial charge in [0.2, 0.25) is 0 Å². The quantitative estimate of drug-likeness (QED) is 0.845. The molecule has 6 heteroatoms. The average molecular weight is 339 g/mol. The first-order chi connectivity index (χ1) is 9.61. The van der Waals surface area contributed by atoms with Gasteiger partial charge in [-0.15, -0.1) is 0 Å². The predicted octanol–water partition coefficient (Wildman–Crippen LogP) is 1.97. The van der Waals surface area contributed by atoms with E-state index in [4.69, 9.17) is 14.7 Å². The number of benzene rings is 1. The Labute approximate surface area is 126 Å². The number of ether oxygens (including phenoxy) is 2. The van der Waals surface area contributed by atoms with Crippen molar-refractivity contribution in [3.8, 4) is 11.8 Å². The van der Waals surface area contributed by atoms with Crippen LogP contribution in [0.2, 0.25) is 0 Å².